The van der Waals surface area contributed by atoms with E-state index >= 15 is 0 Å². The monoisotopic (exact) mass is 345 g/mol. The van der Waals surface area contributed by atoms with Gasteiger partial charge in [0.2, 0.25) is 5.91 Å². The van der Waals surface area contributed by atoms with Gasteiger partial charge in [0.05, 0.1) is 16.9 Å². The van der Waals surface area contributed by atoms with Crippen LogP contribution >= 0.6 is 11.3 Å². The Kier molecular flexibility index (Phi) is 4.14. The summed E-state index contributed by atoms with van der Waals surface area (Å²) < 4.78 is 1.81. The Morgan fingerprint density at radius 2 is 2.12 bits per heavy atom. The molecule has 0 aromatic carbocycles. The van der Waals surface area contributed by atoms with Crippen LogP contribution in [0.15, 0.2) is 17.8 Å². The van der Waals surface area contributed by atoms with E-state index < -0.39 is 0 Å². The van der Waals surface area contributed by atoms with Gasteiger partial charge in [-0.2, -0.15) is 5.10 Å². The summed E-state index contributed by atoms with van der Waals surface area (Å²) in [6.45, 7) is 6.48. The van der Waals surface area contributed by atoms with Crippen molar-refractivity contribution in [2.45, 2.75) is 25.8 Å². The van der Waals surface area contributed by atoms with E-state index in [2.05, 4.69) is 20.4 Å². The Labute approximate surface area is 146 Å². The maximum atomic E-state index is 12.7. The Morgan fingerprint density at radius 1 is 1.33 bits per heavy atom. The fraction of sp³-hybridized carbons (Fsp3) is 0.588. The molecule has 2 aliphatic rings. The Bertz CT molecular complexity index is 731. The number of hydrogen-bond donors (Lipinski definition) is 0. The van der Waals surface area contributed by atoms with Crippen LogP contribution in [0.1, 0.15) is 28.6 Å². The van der Waals surface area contributed by atoms with E-state index in [9.17, 15) is 4.79 Å². The summed E-state index contributed by atoms with van der Waals surface area (Å²) in [5.41, 5.74) is 2.35. The normalized spacial score (nSPS) is 24.3. The number of aryl methyl sites for hydroxylation is 2. The molecule has 1 amide bonds. The van der Waals surface area contributed by atoms with E-state index in [4.69, 9.17) is 0 Å². The molecule has 1 aliphatic heterocycles. The molecule has 2 aromatic rings. The lowest BCUT2D eigenvalue weighted by molar-refractivity contribution is -0.134. The zero-order valence-electron chi connectivity index (χ0n) is 14.2. The number of piperazine rings is 1. The number of amides is 1. The SMILES string of the molecule is Cc1nc(CN2CCN(C(=O)[C@@H]3C[C@H]3c3cnn(C)c3)CC2)cs1. The Hall–Kier alpha value is -1.73. The molecule has 0 bridgehead atoms. The second kappa shape index (κ2) is 6.29. The van der Waals surface area contributed by atoms with Gasteiger partial charge in [-0.3, -0.25) is 14.4 Å². The van der Waals surface area contributed by atoms with Crippen molar-refractivity contribution in [2.24, 2.45) is 13.0 Å². The molecule has 128 valence electrons. The van der Waals surface area contributed by atoms with Crippen LogP contribution in [-0.2, 0) is 18.4 Å². The smallest absolute Gasteiger partial charge is 0.226 e. The minimum absolute atomic E-state index is 0.168. The third-order valence-electron chi connectivity index (χ3n) is 5.00. The Balaban J connectivity index is 1.28. The molecule has 7 heteroatoms. The minimum atomic E-state index is 0.168. The predicted molar refractivity (Wildman–Crippen MR) is 92.8 cm³/mol. The van der Waals surface area contributed by atoms with Crippen molar-refractivity contribution >= 4 is 17.2 Å². The molecule has 1 saturated carbocycles. The fourth-order valence-corrected chi connectivity index (χ4v) is 4.14. The molecular weight excluding hydrogens is 322 g/mol. The maximum Gasteiger partial charge on any atom is 0.226 e. The van der Waals surface area contributed by atoms with Gasteiger partial charge in [-0.05, 0) is 24.8 Å². The summed E-state index contributed by atoms with van der Waals surface area (Å²) in [5, 5.41) is 7.47. The van der Waals surface area contributed by atoms with Gasteiger partial charge in [-0.25, -0.2) is 4.98 Å². The number of nitrogens with zero attached hydrogens (tertiary/aromatic N) is 5. The van der Waals surface area contributed by atoms with E-state index in [-0.39, 0.29) is 5.92 Å². The van der Waals surface area contributed by atoms with Crippen LogP contribution < -0.4 is 0 Å². The first-order valence-electron chi connectivity index (χ1n) is 8.51. The number of carbonyl (C=O) groups excluding carboxylic acids is 1. The van der Waals surface area contributed by atoms with E-state index in [0.717, 1.165) is 49.8 Å². The van der Waals surface area contributed by atoms with Gasteiger partial charge in [-0.15, -0.1) is 11.3 Å². The van der Waals surface area contributed by atoms with Gasteiger partial charge in [0.15, 0.2) is 0 Å². The first-order chi connectivity index (χ1) is 11.6. The summed E-state index contributed by atoms with van der Waals surface area (Å²) in [7, 11) is 1.92. The van der Waals surface area contributed by atoms with Gasteiger partial charge in [0.1, 0.15) is 0 Å². The van der Waals surface area contributed by atoms with E-state index in [1.54, 1.807) is 11.3 Å². The van der Waals surface area contributed by atoms with Crippen molar-refractivity contribution in [1.82, 2.24) is 24.6 Å². The van der Waals surface area contributed by atoms with Crippen LogP contribution in [-0.4, -0.2) is 56.7 Å². The molecule has 0 radical (unpaired) electrons. The average molecular weight is 345 g/mol. The molecule has 4 rings (SSSR count). The highest BCUT2D eigenvalue weighted by molar-refractivity contribution is 7.09. The van der Waals surface area contributed by atoms with Crippen LogP contribution in [0, 0.1) is 12.8 Å². The highest BCUT2D eigenvalue weighted by atomic mass is 32.1. The molecule has 6 nitrogen and oxygen atoms in total. The topological polar surface area (TPSA) is 54.3 Å². The third-order valence-corrected chi connectivity index (χ3v) is 5.82. The second-order valence-electron chi connectivity index (χ2n) is 6.86. The van der Waals surface area contributed by atoms with Crippen molar-refractivity contribution in [3.8, 4) is 0 Å². The van der Waals surface area contributed by atoms with Crippen molar-refractivity contribution in [2.75, 3.05) is 26.2 Å². The van der Waals surface area contributed by atoms with Crippen LogP contribution in [0.3, 0.4) is 0 Å². The zero-order valence-corrected chi connectivity index (χ0v) is 15.0. The Morgan fingerprint density at radius 3 is 2.75 bits per heavy atom. The first-order valence-corrected chi connectivity index (χ1v) is 9.39. The predicted octanol–water partition coefficient (Wildman–Crippen LogP) is 1.63. The molecular formula is C17H23N5OS. The quantitative estimate of drug-likeness (QED) is 0.845. The standard InChI is InChI=1S/C17H23N5OS/c1-12-19-14(11-24-12)10-21-3-5-22(6-4-21)17(23)16-7-15(16)13-8-18-20(2)9-13/h8-9,11,15-16H,3-7,10H2,1-2H3/t15-,16+/m0/s1. The summed E-state index contributed by atoms with van der Waals surface area (Å²) in [6.07, 6.45) is 4.90. The van der Waals surface area contributed by atoms with Gasteiger partial charge in [0.25, 0.3) is 0 Å². The number of aromatic nitrogens is 3. The zero-order chi connectivity index (χ0) is 16.7. The van der Waals surface area contributed by atoms with Crippen LogP contribution in [0.2, 0.25) is 0 Å². The van der Waals surface area contributed by atoms with Gasteiger partial charge in [-0.1, -0.05) is 0 Å². The molecule has 1 saturated heterocycles. The lowest BCUT2D eigenvalue weighted by Gasteiger charge is -2.34. The maximum absolute atomic E-state index is 12.7. The molecule has 24 heavy (non-hydrogen) atoms. The fourth-order valence-electron chi connectivity index (χ4n) is 3.54. The van der Waals surface area contributed by atoms with Crippen LogP contribution in [0.5, 0.6) is 0 Å². The average Bonchev–Trinajstić information content (AvgIpc) is 3.09. The third kappa shape index (κ3) is 3.23. The summed E-state index contributed by atoms with van der Waals surface area (Å²) in [6, 6.07) is 0. The first kappa shape index (κ1) is 15.8. The highest BCUT2D eigenvalue weighted by Crippen LogP contribution is 2.48. The number of rotatable bonds is 4. The lowest BCUT2D eigenvalue weighted by atomic mass is 10.1. The molecule has 0 N–H and O–H groups in total. The van der Waals surface area contributed by atoms with E-state index in [1.165, 1.54) is 5.56 Å². The number of hydrogen-bond acceptors (Lipinski definition) is 5. The van der Waals surface area contributed by atoms with Gasteiger partial charge >= 0.3 is 0 Å². The number of thiazole rings is 1. The van der Waals surface area contributed by atoms with Crippen molar-refractivity contribution in [3.05, 3.63) is 34.0 Å². The molecule has 3 heterocycles. The van der Waals surface area contributed by atoms with Crippen molar-refractivity contribution in [3.63, 3.8) is 0 Å². The largest absolute Gasteiger partial charge is 0.340 e. The van der Waals surface area contributed by atoms with Crippen molar-refractivity contribution in [1.29, 1.82) is 0 Å². The number of carbonyl (C=O) groups is 1. The molecule has 0 spiro atoms. The molecule has 2 atom stereocenters. The lowest BCUT2D eigenvalue weighted by Crippen LogP contribution is -2.48. The molecule has 2 fully saturated rings. The van der Waals surface area contributed by atoms with E-state index in [1.807, 2.05) is 35.9 Å². The molecule has 2 aromatic heterocycles. The van der Waals surface area contributed by atoms with Crippen molar-refractivity contribution < 1.29 is 4.79 Å². The summed E-state index contributed by atoms with van der Waals surface area (Å²) >= 11 is 1.70. The highest BCUT2D eigenvalue weighted by Gasteiger charge is 2.46. The van der Waals surface area contributed by atoms with Crippen LogP contribution in [0.4, 0.5) is 0 Å². The molecule has 0 unspecified atom stereocenters. The minimum Gasteiger partial charge on any atom is -0.340 e. The van der Waals surface area contributed by atoms with Gasteiger partial charge in [0, 0.05) is 57.3 Å². The van der Waals surface area contributed by atoms with Gasteiger partial charge < -0.3 is 4.90 Å². The molecule has 1 aliphatic carbocycles. The summed E-state index contributed by atoms with van der Waals surface area (Å²) in [4.78, 5) is 21.7. The van der Waals surface area contributed by atoms with Crippen LogP contribution in [0.25, 0.3) is 0 Å². The second-order valence-corrected chi connectivity index (χ2v) is 7.92. The van der Waals surface area contributed by atoms with E-state index in [0.29, 0.717) is 11.8 Å². The summed E-state index contributed by atoms with van der Waals surface area (Å²) in [5.74, 6) is 0.872.